The van der Waals surface area contributed by atoms with Crippen LogP contribution in [0.3, 0.4) is 0 Å². The second-order valence-electron chi connectivity index (χ2n) is 3.24. The molecule has 1 aromatic rings. The number of hydrogen-bond donors (Lipinski definition) is 1. The number of hydrogen-bond acceptors (Lipinski definition) is 4. The van der Waals surface area contributed by atoms with Crippen LogP contribution in [0.5, 0.6) is 0 Å². The Morgan fingerprint density at radius 2 is 2.43 bits per heavy atom. The molecule has 0 spiro atoms. The molecule has 80 valence electrons. The van der Waals surface area contributed by atoms with E-state index in [1.165, 1.54) is 0 Å². The van der Waals surface area contributed by atoms with E-state index < -0.39 is 0 Å². The van der Waals surface area contributed by atoms with E-state index >= 15 is 0 Å². The third kappa shape index (κ3) is 2.78. The standard InChI is InChI=1S/C9H18N4O/c1-3-4-13-7-11-12-9(13)5-8(6-10)14-2/h7-8H,3-6,10H2,1-2H3. The lowest BCUT2D eigenvalue weighted by Gasteiger charge is -2.12. The Bertz CT molecular complexity index is 257. The number of aromatic nitrogens is 3. The van der Waals surface area contributed by atoms with Crippen LogP contribution in [0.25, 0.3) is 0 Å². The second kappa shape index (κ2) is 5.72. The SMILES string of the molecule is CCCn1cnnc1CC(CN)OC. The molecule has 0 aliphatic rings. The fourth-order valence-corrected chi connectivity index (χ4v) is 1.33. The van der Waals surface area contributed by atoms with Crippen molar-refractivity contribution >= 4 is 0 Å². The third-order valence-corrected chi connectivity index (χ3v) is 2.17. The summed E-state index contributed by atoms with van der Waals surface area (Å²) < 4.78 is 7.24. The number of rotatable bonds is 6. The van der Waals surface area contributed by atoms with Gasteiger partial charge >= 0.3 is 0 Å². The summed E-state index contributed by atoms with van der Waals surface area (Å²) in [7, 11) is 1.66. The Labute approximate surface area is 84.3 Å². The topological polar surface area (TPSA) is 66.0 Å². The molecule has 1 heterocycles. The highest BCUT2D eigenvalue weighted by Crippen LogP contribution is 2.02. The Hall–Kier alpha value is -0.940. The van der Waals surface area contributed by atoms with Gasteiger partial charge < -0.3 is 15.0 Å². The molecule has 0 aliphatic carbocycles. The molecular weight excluding hydrogens is 180 g/mol. The fourth-order valence-electron chi connectivity index (χ4n) is 1.33. The molecule has 1 aromatic heterocycles. The number of nitrogens with zero attached hydrogens (tertiary/aromatic N) is 3. The minimum absolute atomic E-state index is 0.0369. The molecule has 0 aromatic carbocycles. The van der Waals surface area contributed by atoms with Crippen molar-refractivity contribution in [2.24, 2.45) is 5.73 Å². The number of nitrogens with two attached hydrogens (primary N) is 1. The van der Waals surface area contributed by atoms with E-state index in [0.717, 1.165) is 25.2 Å². The summed E-state index contributed by atoms with van der Waals surface area (Å²) in [4.78, 5) is 0. The zero-order valence-electron chi connectivity index (χ0n) is 8.81. The molecule has 0 aliphatic heterocycles. The average Bonchev–Trinajstić information content (AvgIpc) is 2.62. The molecule has 1 unspecified atom stereocenters. The fraction of sp³-hybridized carbons (Fsp3) is 0.778. The lowest BCUT2D eigenvalue weighted by atomic mass is 10.2. The van der Waals surface area contributed by atoms with Crippen molar-refractivity contribution in [2.75, 3.05) is 13.7 Å². The molecule has 1 rings (SSSR count). The Morgan fingerprint density at radius 3 is 3.00 bits per heavy atom. The predicted octanol–water partition coefficient (Wildman–Crippen LogP) is 0.204. The predicted molar refractivity (Wildman–Crippen MR) is 53.9 cm³/mol. The number of methoxy groups -OCH3 is 1. The molecule has 0 saturated heterocycles. The van der Waals surface area contributed by atoms with Crippen molar-refractivity contribution < 1.29 is 4.74 Å². The summed E-state index contributed by atoms with van der Waals surface area (Å²) in [6.45, 7) is 3.58. The highest BCUT2D eigenvalue weighted by atomic mass is 16.5. The van der Waals surface area contributed by atoms with Gasteiger partial charge in [-0.1, -0.05) is 6.92 Å². The van der Waals surface area contributed by atoms with Crippen LogP contribution in [0.1, 0.15) is 19.2 Å². The van der Waals surface area contributed by atoms with Crippen LogP contribution >= 0.6 is 0 Å². The monoisotopic (exact) mass is 198 g/mol. The minimum atomic E-state index is 0.0369. The second-order valence-corrected chi connectivity index (χ2v) is 3.24. The van der Waals surface area contributed by atoms with E-state index in [9.17, 15) is 0 Å². The van der Waals surface area contributed by atoms with E-state index in [-0.39, 0.29) is 6.10 Å². The van der Waals surface area contributed by atoms with Crippen molar-refractivity contribution in [3.05, 3.63) is 12.2 Å². The van der Waals surface area contributed by atoms with E-state index in [0.29, 0.717) is 6.54 Å². The molecule has 5 nitrogen and oxygen atoms in total. The third-order valence-electron chi connectivity index (χ3n) is 2.17. The van der Waals surface area contributed by atoms with Crippen LogP contribution in [0, 0.1) is 0 Å². The van der Waals surface area contributed by atoms with Gasteiger partial charge in [-0.15, -0.1) is 10.2 Å². The summed E-state index contributed by atoms with van der Waals surface area (Å²) in [5.74, 6) is 0.948. The molecular formula is C9H18N4O. The van der Waals surface area contributed by atoms with Gasteiger partial charge in [0.15, 0.2) is 0 Å². The van der Waals surface area contributed by atoms with E-state index in [1.54, 1.807) is 13.4 Å². The number of ether oxygens (including phenoxy) is 1. The molecule has 0 bridgehead atoms. The summed E-state index contributed by atoms with van der Waals surface area (Å²) in [5, 5.41) is 7.93. The zero-order valence-corrected chi connectivity index (χ0v) is 8.81. The van der Waals surface area contributed by atoms with Crippen molar-refractivity contribution in [3.63, 3.8) is 0 Å². The average molecular weight is 198 g/mol. The van der Waals surface area contributed by atoms with Crippen LogP contribution in [-0.4, -0.2) is 34.5 Å². The summed E-state index contributed by atoms with van der Waals surface area (Å²) >= 11 is 0. The molecule has 0 fully saturated rings. The first-order valence-electron chi connectivity index (χ1n) is 4.91. The summed E-state index contributed by atoms with van der Waals surface area (Å²) in [6.07, 6.45) is 3.59. The van der Waals surface area contributed by atoms with Gasteiger partial charge in [0.2, 0.25) is 0 Å². The van der Waals surface area contributed by atoms with Crippen molar-refractivity contribution in [1.82, 2.24) is 14.8 Å². The normalized spacial score (nSPS) is 13.1. The first-order valence-corrected chi connectivity index (χ1v) is 4.91. The smallest absolute Gasteiger partial charge is 0.135 e. The van der Waals surface area contributed by atoms with Gasteiger partial charge in [-0.25, -0.2) is 0 Å². The maximum absolute atomic E-state index is 5.54. The highest BCUT2D eigenvalue weighted by Gasteiger charge is 2.11. The largest absolute Gasteiger partial charge is 0.380 e. The Kier molecular flexibility index (Phi) is 4.55. The van der Waals surface area contributed by atoms with Gasteiger partial charge in [-0.05, 0) is 6.42 Å². The lowest BCUT2D eigenvalue weighted by molar-refractivity contribution is 0.107. The Morgan fingerprint density at radius 1 is 1.64 bits per heavy atom. The molecule has 5 heteroatoms. The van der Waals surface area contributed by atoms with Gasteiger partial charge in [-0.3, -0.25) is 0 Å². The van der Waals surface area contributed by atoms with Crippen LogP contribution in [0.15, 0.2) is 6.33 Å². The molecule has 0 saturated carbocycles. The van der Waals surface area contributed by atoms with E-state index in [1.807, 2.05) is 4.57 Å². The first kappa shape index (κ1) is 11.1. The van der Waals surface area contributed by atoms with Gasteiger partial charge in [0.25, 0.3) is 0 Å². The van der Waals surface area contributed by atoms with Crippen LogP contribution in [-0.2, 0) is 17.7 Å². The van der Waals surface area contributed by atoms with Gasteiger partial charge in [0.1, 0.15) is 12.2 Å². The molecule has 2 N–H and O–H groups in total. The molecule has 14 heavy (non-hydrogen) atoms. The van der Waals surface area contributed by atoms with Gasteiger partial charge in [0, 0.05) is 26.6 Å². The van der Waals surface area contributed by atoms with E-state index in [2.05, 4.69) is 17.1 Å². The summed E-state index contributed by atoms with van der Waals surface area (Å²) in [6, 6.07) is 0. The van der Waals surface area contributed by atoms with Gasteiger partial charge in [0.05, 0.1) is 6.10 Å². The van der Waals surface area contributed by atoms with Crippen LogP contribution < -0.4 is 5.73 Å². The Balaban J connectivity index is 2.60. The lowest BCUT2D eigenvalue weighted by Crippen LogP contribution is -2.26. The molecule has 1 atom stereocenters. The quantitative estimate of drug-likeness (QED) is 0.709. The van der Waals surface area contributed by atoms with Gasteiger partial charge in [-0.2, -0.15) is 0 Å². The van der Waals surface area contributed by atoms with E-state index in [4.69, 9.17) is 10.5 Å². The van der Waals surface area contributed by atoms with Crippen molar-refractivity contribution in [2.45, 2.75) is 32.4 Å². The summed E-state index contributed by atoms with van der Waals surface area (Å²) in [5.41, 5.74) is 5.54. The maximum Gasteiger partial charge on any atom is 0.135 e. The highest BCUT2D eigenvalue weighted by molar-refractivity contribution is 4.89. The van der Waals surface area contributed by atoms with Crippen LogP contribution in [0.2, 0.25) is 0 Å². The zero-order chi connectivity index (χ0) is 10.4. The first-order chi connectivity index (χ1) is 6.81. The van der Waals surface area contributed by atoms with Crippen molar-refractivity contribution in [3.8, 4) is 0 Å². The molecule has 0 amide bonds. The van der Waals surface area contributed by atoms with Crippen LogP contribution in [0.4, 0.5) is 0 Å². The number of aryl methyl sites for hydroxylation is 1. The molecule has 0 radical (unpaired) electrons. The minimum Gasteiger partial charge on any atom is -0.380 e. The maximum atomic E-state index is 5.54. The van der Waals surface area contributed by atoms with Crippen molar-refractivity contribution in [1.29, 1.82) is 0 Å².